The number of imidazole rings is 1. The predicted molar refractivity (Wildman–Crippen MR) is 105 cm³/mol. The van der Waals surface area contributed by atoms with Gasteiger partial charge in [-0.1, -0.05) is 0 Å². The van der Waals surface area contributed by atoms with Crippen LogP contribution in [0.1, 0.15) is 45.7 Å². The summed E-state index contributed by atoms with van der Waals surface area (Å²) in [6.45, 7) is 0.374. The molecule has 4 aromatic heterocycles. The van der Waals surface area contributed by atoms with E-state index < -0.39 is 24.1 Å². The van der Waals surface area contributed by atoms with Gasteiger partial charge in [-0.15, -0.1) is 0 Å². The highest BCUT2D eigenvalue weighted by Gasteiger charge is 2.37. The Bertz CT molecular complexity index is 1280. The Labute approximate surface area is 175 Å². The van der Waals surface area contributed by atoms with Gasteiger partial charge in [-0.05, 0) is 24.3 Å². The van der Waals surface area contributed by atoms with Crippen LogP contribution in [-0.2, 0) is 13.5 Å². The molecule has 1 amide bonds. The Morgan fingerprint density at radius 3 is 2.90 bits per heavy atom. The molecule has 1 aliphatic heterocycles. The van der Waals surface area contributed by atoms with E-state index in [-0.39, 0.29) is 5.69 Å². The van der Waals surface area contributed by atoms with E-state index in [2.05, 4.69) is 20.2 Å². The molecular weight excluding hydrogens is 408 g/mol. The van der Waals surface area contributed by atoms with Crippen molar-refractivity contribution < 1.29 is 18.3 Å². The molecule has 5 heterocycles. The number of alkyl halides is 2. The van der Waals surface area contributed by atoms with Crippen molar-refractivity contribution in [2.45, 2.75) is 18.9 Å². The number of methoxy groups -OCH3 is 1. The standard InChI is InChI=1S/C20H19F2N7O2/c1-27-15(9-13(25-27)19(21)22)20(30)28-7-5-11-17(24-10-23-11)18(28)12-8-14-16(31-2)4-3-6-29(14)26-12/h3-4,6,8-10,18-19H,5,7H2,1-2H3,(H,23,24)/t18-/m0/s1. The quantitative estimate of drug-likeness (QED) is 0.540. The lowest BCUT2D eigenvalue weighted by Gasteiger charge is -2.33. The van der Waals surface area contributed by atoms with Gasteiger partial charge in [-0.2, -0.15) is 10.2 Å². The maximum Gasteiger partial charge on any atom is 0.282 e. The molecule has 0 fully saturated rings. The second-order valence-corrected chi connectivity index (χ2v) is 7.27. The second kappa shape index (κ2) is 7.18. The lowest BCUT2D eigenvalue weighted by molar-refractivity contribution is 0.0675. The Morgan fingerprint density at radius 1 is 1.32 bits per heavy atom. The number of aromatic nitrogens is 6. The molecule has 0 saturated heterocycles. The number of carbonyl (C=O) groups excluding carboxylic acids is 1. The number of rotatable bonds is 4. The van der Waals surface area contributed by atoms with E-state index in [1.165, 1.54) is 11.7 Å². The Kier molecular flexibility index (Phi) is 4.45. The summed E-state index contributed by atoms with van der Waals surface area (Å²) in [6, 6.07) is 6.04. The summed E-state index contributed by atoms with van der Waals surface area (Å²) >= 11 is 0. The largest absolute Gasteiger partial charge is 0.494 e. The number of nitrogens with zero attached hydrogens (tertiary/aromatic N) is 6. The summed E-state index contributed by atoms with van der Waals surface area (Å²) in [5, 5.41) is 8.43. The van der Waals surface area contributed by atoms with Crippen molar-refractivity contribution in [2.75, 3.05) is 13.7 Å². The van der Waals surface area contributed by atoms with Gasteiger partial charge >= 0.3 is 0 Å². The number of pyridine rings is 1. The second-order valence-electron chi connectivity index (χ2n) is 7.27. The third-order valence-corrected chi connectivity index (χ3v) is 5.51. The molecule has 4 aromatic rings. The molecule has 1 N–H and O–H groups in total. The molecule has 0 unspecified atom stereocenters. The molecule has 31 heavy (non-hydrogen) atoms. The molecule has 1 aliphatic rings. The highest BCUT2D eigenvalue weighted by Crippen LogP contribution is 2.35. The van der Waals surface area contributed by atoms with Crippen LogP contribution in [0, 0.1) is 0 Å². The van der Waals surface area contributed by atoms with Crippen LogP contribution >= 0.6 is 0 Å². The highest BCUT2D eigenvalue weighted by molar-refractivity contribution is 5.93. The van der Waals surface area contributed by atoms with Gasteiger partial charge < -0.3 is 14.6 Å². The predicted octanol–water partition coefficient (Wildman–Crippen LogP) is 2.53. The van der Waals surface area contributed by atoms with E-state index in [0.29, 0.717) is 30.1 Å². The fourth-order valence-electron chi connectivity index (χ4n) is 4.05. The lowest BCUT2D eigenvalue weighted by atomic mass is 9.99. The Balaban J connectivity index is 1.62. The number of ether oxygens (including phenoxy) is 1. The molecule has 5 rings (SSSR count). The molecule has 0 spiro atoms. The van der Waals surface area contributed by atoms with Crippen molar-refractivity contribution in [2.24, 2.45) is 7.05 Å². The van der Waals surface area contributed by atoms with Crippen molar-refractivity contribution in [3.63, 3.8) is 0 Å². The van der Waals surface area contributed by atoms with Gasteiger partial charge in [-0.3, -0.25) is 9.48 Å². The maximum atomic E-state index is 13.4. The van der Waals surface area contributed by atoms with Gasteiger partial charge in [0, 0.05) is 31.9 Å². The van der Waals surface area contributed by atoms with Crippen LogP contribution in [0.2, 0.25) is 0 Å². The fourth-order valence-corrected chi connectivity index (χ4v) is 4.05. The van der Waals surface area contributed by atoms with E-state index >= 15 is 0 Å². The number of carbonyl (C=O) groups is 1. The fraction of sp³-hybridized carbons (Fsp3) is 0.300. The minimum absolute atomic E-state index is 0.0839. The smallest absolute Gasteiger partial charge is 0.282 e. The van der Waals surface area contributed by atoms with E-state index in [1.54, 1.807) is 29.0 Å². The zero-order valence-electron chi connectivity index (χ0n) is 16.8. The van der Waals surface area contributed by atoms with E-state index in [1.807, 2.05) is 18.2 Å². The summed E-state index contributed by atoms with van der Waals surface area (Å²) in [4.78, 5) is 22.6. The van der Waals surface area contributed by atoms with Crippen LogP contribution in [0.3, 0.4) is 0 Å². The number of aryl methyl sites for hydroxylation is 1. The number of hydrogen-bond donors (Lipinski definition) is 1. The van der Waals surface area contributed by atoms with Gasteiger partial charge in [0.2, 0.25) is 0 Å². The van der Waals surface area contributed by atoms with Crippen LogP contribution in [0.15, 0.2) is 36.8 Å². The normalized spacial score (nSPS) is 16.2. The summed E-state index contributed by atoms with van der Waals surface area (Å²) in [5.41, 5.74) is 2.59. The van der Waals surface area contributed by atoms with Crippen LogP contribution in [-0.4, -0.2) is 53.8 Å². The summed E-state index contributed by atoms with van der Waals surface area (Å²) in [7, 11) is 3.06. The van der Waals surface area contributed by atoms with Crippen LogP contribution in [0.4, 0.5) is 8.78 Å². The van der Waals surface area contributed by atoms with Gasteiger partial charge in [0.25, 0.3) is 12.3 Å². The monoisotopic (exact) mass is 427 g/mol. The van der Waals surface area contributed by atoms with Crippen molar-refractivity contribution in [1.82, 2.24) is 34.3 Å². The number of halogens is 2. The first kappa shape index (κ1) is 19.2. The average molecular weight is 427 g/mol. The summed E-state index contributed by atoms with van der Waals surface area (Å²) in [5.74, 6) is 0.231. The number of amides is 1. The molecule has 0 aromatic carbocycles. The molecule has 11 heteroatoms. The van der Waals surface area contributed by atoms with Gasteiger partial charge in [0.1, 0.15) is 28.7 Å². The SMILES string of the molecule is COc1cccn2nc([C@H]3c4nc[nH]c4CCN3C(=O)c3cc(C(F)F)nn3C)cc12. The Hall–Kier alpha value is -3.76. The average Bonchev–Trinajstić information content (AvgIpc) is 3.49. The minimum atomic E-state index is -2.76. The molecule has 160 valence electrons. The number of hydrogen-bond acceptors (Lipinski definition) is 5. The molecule has 0 aliphatic carbocycles. The van der Waals surface area contributed by atoms with Gasteiger partial charge in [0.05, 0.1) is 24.8 Å². The van der Waals surface area contributed by atoms with E-state index in [9.17, 15) is 13.6 Å². The third kappa shape index (κ3) is 3.04. The van der Waals surface area contributed by atoms with Crippen LogP contribution in [0.25, 0.3) is 5.52 Å². The number of nitrogens with one attached hydrogen (secondary N) is 1. The van der Waals surface area contributed by atoms with E-state index in [4.69, 9.17) is 4.74 Å². The molecule has 0 bridgehead atoms. The van der Waals surface area contributed by atoms with Crippen molar-refractivity contribution in [3.05, 3.63) is 65.3 Å². The number of H-pyrrole nitrogens is 1. The van der Waals surface area contributed by atoms with Crippen molar-refractivity contribution in [1.29, 1.82) is 0 Å². The van der Waals surface area contributed by atoms with Crippen molar-refractivity contribution in [3.8, 4) is 5.75 Å². The van der Waals surface area contributed by atoms with Gasteiger partial charge in [0.15, 0.2) is 0 Å². The summed E-state index contributed by atoms with van der Waals surface area (Å²) < 4.78 is 34.5. The van der Waals surface area contributed by atoms with Gasteiger partial charge in [-0.25, -0.2) is 18.3 Å². The summed E-state index contributed by atoms with van der Waals surface area (Å²) in [6.07, 6.45) is 1.18. The first-order valence-corrected chi connectivity index (χ1v) is 9.65. The molecule has 0 saturated carbocycles. The van der Waals surface area contributed by atoms with Crippen LogP contribution < -0.4 is 4.74 Å². The third-order valence-electron chi connectivity index (χ3n) is 5.51. The molecule has 9 nitrogen and oxygen atoms in total. The lowest BCUT2D eigenvalue weighted by Crippen LogP contribution is -2.41. The topological polar surface area (TPSA) is 93.3 Å². The first-order chi connectivity index (χ1) is 15.0. The molecular formula is C20H19F2N7O2. The maximum absolute atomic E-state index is 13.4. The zero-order valence-corrected chi connectivity index (χ0v) is 16.8. The van der Waals surface area contributed by atoms with Crippen LogP contribution in [0.5, 0.6) is 5.75 Å². The molecule has 1 atom stereocenters. The number of aromatic amines is 1. The molecule has 0 radical (unpaired) electrons. The first-order valence-electron chi connectivity index (χ1n) is 9.65. The minimum Gasteiger partial charge on any atom is -0.494 e. The highest BCUT2D eigenvalue weighted by atomic mass is 19.3. The Morgan fingerprint density at radius 2 is 2.16 bits per heavy atom. The van der Waals surface area contributed by atoms with E-state index in [0.717, 1.165) is 17.3 Å². The van der Waals surface area contributed by atoms with Crippen molar-refractivity contribution >= 4 is 11.4 Å². The zero-order chi connectivity index (χ0) is 21.7. The number of fused-ring (bicyclic) bond motifs is 2.